The van der Waals surface area contributed by atoms with Gasteiger partial charge in [-0.3, -0.25) is 0 Å². The Morgan fingerprint density at radius 3 is 2.33 bits per heavy atom. The largest absolute Gasteiger partial charge is 0.493 e. The predicted octanol–water partition coefficient (Wildman–Crippen LogP) is 1.47. The van der Waals surface area contributed by atoms with Gasteiger partial charge in [-0.15, -0.1) is 0 Å². The summed E-state index contributed by atoms with van der Waals surface area (Å²) in [6, 6.07) is 5.34. The molecule has 0 bridgehead atoms. The third kappa shape index (κ3) is 3.19. The summed E-state index contributed by atoms with van der Waals surface area (Å²) in [6.45, 7) is 2.05. The van der Waals surface area contributed by atoms with Crippen molar-refractivity contribution in [3.63, 3.8) is 0 Å². The molecule has 1 atom stereocenters. The number of ether oxygens (including phenoxy) is 3. The minimum absolute atomic E-state index is 0.115. The molecule has 0 aromatic heterocycles. The smallest absolute Gasteiger partial charge is 0.203 e. The number of para-hydroxylation sites is 1. The highest BCUT2D eigenvalue weighted by Gasteiger charge is 2.14. The maximum Gasteiger partial charge on any atom is 0.203 e. The number of nitrogens with two attached hydrogens (primary N) is 1. The number of benzene rings is 1. The fraction of sp³-hybridized carbons (Fsp3) is 0.417. The van der Waals surface area contributed by atoms with Crippen LogP contribution >= 0.6 is 0 Å². The lowest BCUT2D eigenvalue weighted by molar-refractivity contribution is 0.253. The van der Waals surface area contributed by atoms with Crippen LogP contribution in [0.2, 0.25) is 0 Å². The Morgan fingerprint density at radius 1 is 1.33 bits per heavy atom. The number of oxime groups is 1. The Labute approximate surface area is 106 Å². The van der Waals surface area contributed by atoms with Gasteiger partial charge in [0.1, 0.15) is 5.84 Å². The molecule has 6 heteroatoms. The zero-order chi connectivity index (χ0) is 13.5. The van der Waals surface area contributed by atoms with E-state index in [2.05, 4.69) is 5.16 Å². The molecule has 0 saturated carbocycles. The molecule has 0 aliphatic carbocycles. The van der Waals surface area contributed by atoms with Crippen molar-refractivity contribution in [1.82, 2.24) is 0 Å². The predicted molar refractivity (Wildman–Crippen MR) is 67.6 cm³/mol. The lowest BCUT2D eigenvalue weighted by Crippen LogP contribution is -2.26. The number of methoxy groups -OCH3 is 2. The molecule has 0 aliphatic heterocycles. The molecule has 0 saturated heterocycles. The minimum Gasteiger partial charge on any atom is -0.493 e. The highest BCUT2D eigenvalue weighted by molar-refractivity contribution is 5.82. The first kappa shape index (κ1) is 14.0. The van der Waals surface area contributed by atoms with E-state index < -0.39 is 0 Å². The zero-order valence-corrected chi connectivity index (χ0v) is 10.7. The molecule has 6 nitrogen and oxygen atoms in total. The quantitative estimate of drug-likeness (QED) is 0.347. The summed E-state index contributed by atoms with van der Waals surface area (Å²) in [4.78, 5) is 0. The fourth-order valence-electron chi connectivity index (χ4n) is 1.35. The van der Waals surface area contributed by atoms with E-state index in [0.717, 1.165) is 0 Å². The number of nitrogens with zero attached hydrogens (tertiary/aromatic N) is 1. The Kier molecular flexibility index (Phi) is 5.10. The summed E-state index contributed by atoms with van der Waals surface area (Å²) in [5, 5.41) is 11.5. The fourth-order valence-corrected chi connectivity index (χ4v) is 1.35. The Bertz CT molecular complexity index is 398. The monoisotopic (exact) mass is 254 g/mol. The van der Waals surface area contributed by atoms with Crippen molar-refractivity contribution >= 4 is 5.84 Å². The summed E-state index contributed by atoms with van der Waals surface area (Å²) in [5.74, 6) is 1.54. The van der Waals surface area contributed by atoms with Crippen LogP contribution in [-0.2, 0) is 0 Å². The van der Waals surface area contributed by atoms with Gasteiger partial charge in [0.2, 0.25) is 5.75 Å². The van der Waals surface area contributed by atoms with Gasteiger partial charge in [0.15, 0.2) is 11.5 Å². The van der Waals surface area contributed by atoms with Crippen molar-refractivity contribution in [3.8, 4) is 17.2 Å². The second-order valence-corrected chi connectivity index (χ2v) is 3.73. The van der Waals surface area contributed by atoms with Crippen LogP contribution in [0.1, 0.15) is 6.92 Å². The number of hydrogen-bond donors (Lipinski definition) is 2. The van der Waals surface area contributed by atoms with E-state index in [-0.39, 0.29) is 18.4 Å². The van der Waals surface area contributed by atoms with Crippen LogP contribution in [0, 0.1) is 5.92 Å². The van der Waals surface area contributed by atoms with Crippen molar-refractivity contribution in [2.45, 2.75) is 6.92 Å². The van der Waals surface area contributed by atoms with Crippen molar-refractivity contribution in [3.05, 3.63) is 18.2 Å². The molecule has 1 aromatic rings. The third-order valence-electron chi connectivity index (χ3n) is 2.48. The molecule has 0 heterocycles. The van der Waals surface area contributed by atoms with Crippen LogP contribution in [0.3, 0.4) is 0 Å². The lowest BCUT2D eigenvalue weighted by Gasteiger charge is -2.16. The first-order valence-corrected chi connectivity index (χ1v) is 5.45. The minimum atomic E-state index is -0.218. The van der Waals surface area contributed by atoms with Crippen LogP contribution < -0.4 is 19.9 Å². The molecule has 0 aliphatic rings. The van der Waals surface area contributed by atoms with Gasteiger partial charge in [-0.2, -0.15) is 0 Å². The van der Waals surface area contributed by atoms with Crippen LogP contribution in [-0.4, -0.2) is 31.9 Å². The molecule has 1 aromatic carbocycles. The topological polar surface area (TPSA) is 86.3 Å². The van der Waals surface area contributed by atoms with E-state index in [9.17, 15) is 0 Å². The van der Waals surface area contributed by atoms with E-state index in [1.165, 1.54) is 0 Å². The second kappa shape index (κ2) is 6.58. The lowest BCUT2D eigenvalue weighted by atomic mass is 10.2. The molecular formula is C12H18N2O4. The zero-order valence-electron chi connectivity index (χ0n) is 10.7. The maximum atomic E-state index is 8.56. The van der Waals surface area contributed by atoms with E-state index in [0.29, 0.717) is 17.2 Å². The van der Waals surface area contributed by atoms with Crippen LogP contribution in [0.25, 0.3) is 0 Å². The first-order chi connectivity index (χ1) is 8.63. The SMILES string of the molecule is COc1cccc(OC)c1OCC(C)/C(N)=N/O. The van der Waals surface area contributed by atoms with Gasteiger partial charge < -0.3 is 25.2 Å². The van der Waals surface area contributed by atoms with Crippen LogP contribution in [0.5, 0.6) is 17.2 Å². The normalized spacial score (nSPS) is 12.9. The Morgan fingerprint density at radius 2 is 1.89 bits per heavy atom. The van der Waals surface area contributed by atoms with Gasteiger partial charge in [-0.25, -0.2) is 0 Å². The van der Waals surface area contributed by atoms with Gasteiger partial charge in [-0.05, 0) is 12.1 Å². The Balaban J connectivity index is 2.83. The molecule has 1 unspecified atom stereocenters. The number of amidine groups is 1. The summed E-state index contributed by atoms with van der Waals surface area (Å²) in [6.07, 6.45) is 0. The van der Waals surface area contributed by atoms with Crippen molar-refractivity contribution < 1.29 is 19.4 Å². The van der Waals surface area contributed by atoms with Crippen molar-refractivity contribution in [2.75, 3.05) is 20.8 Å². The van der Waals surface area contributed by atoms with Gasteiger partial charge >= 0.3 is 0 Å². The van der Waals surface area contributed by atoms with Gasteiger partial charge in [0.05, 0.1) is 26.7 Å². The van der Waals surface area contributed by atoms with Crippen molar-refractivity contribution in [2.24, 2.45) is 16.8 Å². The van der Waals surface area contributed by atoms with Gasteiger partial charge in [0.25, 0.3) is 0 Å². The highest BCUT2D eigenvalue weighted by Crippen LogP contribution is 2.36. The Hall–Kier alpha value is -2.11. The second-order valence-electron chi connectivity index (χ2n) is 3.73. The first-order valence-electron chi connectivity index (χ1n) is 5.45. The van der Waals surface area contributed by atoms with Crippen LogP contribution in [0.15, 0.2) is 23.4 Å². The number of rotatable bonds is 6. The molecule has 0 fully saturated rings. The van der Waals surface area contributed by atoms with Gasteiger partial charge in [-0.1, -0.05) is 18.1 Å². The molecule has 100 valence electrons. The molecular weight excluding hydrogens is 236 g/mol. The van der Waals surface area contributed by atoms with E-state index in [1.807, 2.05) is 0 Å². The van der Waals surface area contributed by atoms with E-state index >= 15 is 0 Å². The number of hydrogen-bond acceptors (Lipinski definition) is 5. The summed E-state index contributed by atoms with van der Waals surface area (Å²) in [5.41, 5.74) is 5.48. The third-order valence-corrected chi connectivity index (χ3v) is 2.48. The molecule has 0 spiro atoms. The maximum absolute atomic E-state index is 8.56. The molecule has 0 radical (unpaired) electrons. The standard InChI is InChI=1S/C12H18N2O4/c1-8(12(13)14-15)7-18-11-9(16-2)5-4-6-10(11)17-3/h4-6,8,15H,7H2,1-3H3,(H2,13,14). The molecule has 18 heavy (non-hydrogen) atoms. The highest BCUT2D eigenvalue weighted by atomic mass is 16.5. The summed E-state index contributed by atoms with van der Waals surface area (Å²) < 4.78 is 16.0. The van der Waals surface area contributed by atoms with Crippen molar-refractivity contribution in [1.29, 1.82) is 0 Å². The average molecular weight is 254 g/mol. The average Bonchev–Trinajstić information content (AvgIpc) is 2.43. The van der Waals surface area contributed by atoms with E-state index in [4.69, 9.17) is 25.2 Å². The van der Waals surface area contributed by atoms with E-state index in [1.54, 1.807) is 39.3 Å². The summed E-state index contributed by atoms with van der Waals surface area (Å²) in [7, 11) is 3.10. The van der Waals surface area contributed by atoms with Gasteiger partial charge in [0, 0.05) is 0 Å². The molecule has 0 amide bonds. The molecule has 1 rings (SSSR count). The van der Waals surface area contributed by atoms with Crippen LogP contribution in [0.4, 0.5) is 0 Å². The molecule has 3 N–H and O–H groups in total. The summed E-state index contributed by atoms with van der Waals surface area (Å²) >= 11 is 0.